The molecule has 1 aliphatic carbocycles. The third-order valence-electron chi connectivity index (χ3n) is 5.06. The average molecular weight is 344 g/mol. The highest BCUT2D eigenvalue weighted by Gasteiger charge is 2.25. The first-order valence-electron chi connectivity index (χ1n) is 8.96. The normalized spacial score (nSPS) is 14.7. The second-order valence-corrected chi connectivity index (χ2v) is 6.96. The maximum absolute atomic E-state index is 13.0. The van der Waals surface area contributed by atoms with Gasteiger partial charge in [-0.15, -0.1) is 0 Å². The molecule has 26 heavy (non-hydrogen) atoms. The van der Waals surface area contributed by atoms with Crippen molar-refractivity contribution in [1.82, 2.24) is 15.0 Å². The molecule has 0 saturated carbocycles. The van der Waals surface area contributed by atoms with Crippen LogP contribution in [-0.2, 0) is 12.8 Å². The van der Waals surface area contributed by atoms with Gasteiger partial charge in [0.1, 0.15) is 5.82 Å². The maximum atomic E-state index is 13.0. The maximum Gasteiger partial charge on any atom is 0.186 e. The van der Waals surface area contributed by atoms with Gasteiger partial charge in [0.05, 0.1) is 11.8 Å². The Hall–Kier alpha value is -3.00. The summed E-state index contributed by atoms with van der Waals surface area (Å²) >= 11 is 0. The number of fused-ring (bicyclic) bond motifs is 3. The summed E-state index contributed by atoms with van der Waals surface area (Å²) in [6, 6.07) is 9.53. The Kier molecular flexibility index (Phi) is 4.04. The topological polar surface area (TPSA) is 82.4 Å². The number of nitrogens with one attached hydrogen (secondary N) is 1. The molecule has 1 atom stereocenters. The number of H-pyrrole nitrogens is 1. The number of hydrogen-bond donors (Lipinski definition) is 1. The summed E-state index contributed by atoms with van der Waals surface area (Å²) in [5.41, 5.74) is 5.47. The molecule has 1 N–H and O–H groups in total. The first-order chi connectivity index (χ1) is 12.6. The standard InChI is InChI=1S/C21H20N4O/c1-12-9-20(24-13(2)23-12)17(11-22)21(26)14-7-8-19-16(10-14)15-5-3-4-6-18(15)25-19/h7-10,17,25H,3-6H2,1-2H3/t17-/m1/s1. The van der Waals surface area contributed by atoms with Gasteiger partial charge in [-0.2, -0.15) is 5.26 Å². The van der Waals surface area contributed by atoms with Crippen LogP contribution >= 0.6 is 0 Å². The Labute approximate surface area is 152 Å². The molecule has 0 spiro atoms. The number of nitriles is 1. The fourth-order valence-electron chi connectivity index (χ4n) is 3.88. The van der Waals surface area contributed by atoms with Gasteiger partial charge in [-0.1, -0.05) is 0 Å². The fourth-order valence-corrected chi connectivity index (χ4v) is 3.88. The molecule has 0 amide bonds. The van der Waals surface area contributed by atoms with Gasteiger partial charge in [0.25, 0.3) is 0 Å². The van der Waals surface area contributed by atoms with Crippen LogP contribution in [0.5, 0.6) is 0 Å². The first kappa shape index (κ1) is 16.5. The predicted octanol–water partition coefficient (Wildman–Crippen LogP) is 3.94. The molecule has 4 rings (SSSR count). The van der Waals surface area contributed by atoms with E-state index in [9.17, 15) is 10.1 Å². The Morgan fingerprint density at radius 3 is 2.77 bits per heavy atom. The zero-order valence-electron chi connectivity index (χ0n) is 15.0. The second kappa shape index (κ2) is 6.38. The number of rotatable bonds is 3. The number of hydrogen-bond acceptors (Lipinski definition) is 4. The smallest absolute Gasteiger partial charge is 0.186 e. The molecule has 1 aliphatic rings. The molecule has 2 heterocycles. The van der Waals surface area contributed by atoms with Gasteiger partial charge < -0.3 is 4.98 Å². The van der Waals surface area contributed by atoms with Crippen molar-refractivity contribution in [3.05, 3.63) is 58.3 Å². The third kappa shape index (κ3) is 2.78. The molecule has 5 heteroatoms. The Morgan fingerprint density at radius 2 is 2.00 bits per heavy atom. The number of nitrogens with zero attached hydrogens (tertiary/aromatic N) is 3. The van der Waals surface area contributed by atoms with Gasteiger partial charge in [-0.3, -0.25) is 4.79 Å². The summed E-state index contributed by atoms with van der Waals surface area (Å²) in [5.74, 6) is -0.552. The molecule has 0 bridgehead atoms. The molecule has 0 unspecified atom stereocenters. The number of aromatic amines is 1. The van der Waals surface area contributed by atoms with E-state index < -0.39 is 5.92 Å². The number of aryl methyl sites for hydroxylation is 4. The summed E-state index contributed by atoms with van der Waals surface area (Å²) in [6.07, 6.45) is 4.49. The summed E-state index contributed by atoms with van der Waals surface area (Å²) in [4.78, 5) is 25.1. The van der Waals surface area contributed by atoms with Crippen LogP contribution in [0.2, 0.25) is 0 Å². The highest BCUT2D eigenvalue weighted by Crippen LogP contribution is 2.31. The van der Waals surface area contributed by atoms with Crippen molar-refractivity contribution in [2.24, 2.45) is 0 Å². The van der Waals surface area contributed by atoms with E-state index in [1.54, 1.807) is 19.1 Å². The Bertz CT molecular complexity index is 1040. The highest BCUT2D eigenvalue weighted by molar-refractivity contribution is 6.05. The molecule has 3 aromatic rings. The number of carbonyl (C=O) groups is 1. The molecule has 1 aromatic carbocycles. The van der Waals surface area contributed by atoms with Crippen LogP contribution in [-0.4, -0.2) is 20.7 Å². The van der Waals surface area contributed by atoms with E-state index >= 15 is 0 Å². The van der Waals surface area contributed by atoms with Gasteiger partial charge >= 0.3 is 0 Å². The van der Waals surface area contributed by atoms with E-state index in [2.05, 4.69) is 21.0 Å². The summed E-state index contributed by atoms with van der Waals surface area (Å²) < 4.78 is 0. The third-order valence-corrected chi connectivity index (χ3v) is 5.06. The monoisotopic (exact) mass is 344 g/mol. The quantitative estimate of drug-likeness (QED) is 0.730. The average Bonchev–Trinajstić information content (AvgIpc) is 2.99. The van der Waals surface area contributed by atoms with Crippen molar-refractivity contribution in [2.45, 2.75) is 45.4 Å². The van der Waals surface area contributed by atoms with Gasteiger partial charge in [-0.25, -0.2) is 9.97 Å². The van der Waals surface area contributed by atoms with Crippen molar-refractivity contribution in [1.29, 1.82) is 5.26 Å². The number of ketones is 1. The molecule has 5 nitrogen and oxygen atoms in total. The molecule has 0 fully saturated rings. The fraction of sp³-hybridized carbons (Fsp3) is 0.333. The van der Waals surface area contributed by atoms with Crippen LogP contribution in [0.1, 0.15) is 57.6 Å². The SMILES string of the molecule is Cc1cc([C@@H](C#N)C(=O)c2ccc3[nH]c4c(c3c2)CCCC4)nc(C)n1. The van der Waals surface area contributed by atoms with Crippen molar-refractivity contribution in [3.63, 3.8) is 0 Å². The van der Waals surface area contributed by atoms with Crippen LogP contribution in [0, 0.1) is 25.2 Å². The number of Topliss-reactive ketones (excluding diaryl/α,β-unsaturated/α-hetero) is 1. The largest absolute Gasteiger partial charge is 0.358 e. The molecule has 0 saturated heterocycles. The van der Waals surface area contributed by atoms with E-state index in [1.807, 2.05) is 19.1 Å². The highest BCUT2D eigenvalue weighted by atomic mass is 16.1. The number of aromatic nitrogens is 3. The molecule has 0 aliphatic heterocycles. The van der Waals surface area contributed by atoms with Crippen molar-refractivity contribution in [3.8, 4) is 6.07 Å². The lowest BCUT2D eigenvalue weighted by atomic mass is 9.92. The van der Waals surface area contributed by atoms with Crippen LogP contribution < -0.4 is 0 Å². The van der Waals surface area contributed by atoms with Crippen LogP contribution in [0.15, 0.2) is 24.3 Å². The van der Waals surface area contributed by atoms with Crippen molar-refractivity contribution < 1.29 is 4.79 Å². The number of benzene rings is 1. The Morgan fingerprint density at radius 1 is 1.19 bits per heavy atom. The summed E-state index contributed by atoms with van der Waals surface area (Å²) in [6.45, 7) is 3.61. The van der Waals surface area contributed by atoms with Gasteiger partial charge in [0.15, 0.2) is 11.7 Å². The van der Waals surface area contributed by atoms with Crippen LogP contribution in [0.3, 0.4) is 0 Å². The lowest BCUT2D eigenvalue weighted by molar-refractivity contribution is 0.0977. The van der Waals surface area contributed by atoms with Gasteiger partial charge in [0, 0.05) is 27.9 Å². The van der Waals surface area contributed by atoms with Gasteiger partial charge in [0.2, 0.25) is 0 Å². The minimum atomic E-state index is -0.914. The van der Waals surface area contributed by atoms with E-state index in [1.165, 1.54) is 24.1 Å². The van der Waals surface area contributed by atoms with E-state index in [0.717, 1.165) is 29.4 Å². The van der Waals surface area contributed by atoms with Crippen molar-refractivity contribution >= 4 is 16.7 Å². The van der Waals surface area contributed by atoms with Crippen LogP contribution in [0.25, 0.3) is 10.9 Å². The molecular weight excluding hydrogens is 324 g/mol. The van der Waals surface area contributed by atoms with E-state index in [4.69, 9.17) is 0 Å². The van der Waals surface area contributed by atoms with Gasteiger partial charge in [-0.05, 0) is 69.4 Å². The molecule has 130 valence electrons. The first-order valence-corrected chi connectivity index (χ1v) is 8.96. The van der Waals surface area contributed by atoms with E-state index in [0.29, 0.717) is 17.1 Å². The summed E-state index contributed by atoms with van der Waals surface area (Å²) in [7, 11) is 0. The molecule has 2 aromatic heterocycles. The van der Waals surface area contributed by atoms with Crippen molar-refractivity contribution in [2.75, 3.05) is 0 Å². The zero-order valence-corrected chi connectivity index (χ0v) is 15.0. The predicted molar refractivity (Wildman–Crippen MR) is 99.1 cm³/mol. The summed E-state index contributed by atoms with van der Waals surface area (Å²) in [5, 5.41) is 10.7. The zero-order chi connectivity index (χ0) is 18.3. The number of carbonyl (C=O) groups excluding carboxylic acids is 1. The minimum absolute atomic E-state index is 0.211. The van der Waals surface area contributed by atoms with Crippen LogP contribution in [0.4, 0.5) is 0 Å². The minimum Gasteiger partial charge on any atom is -0.358 e. The lowest BCUT2D eigenvalue weighted by Gasteiger charge is -2.11. The van der Waals surface area contributed by atoms with E-state index in [-0.39, 0.29) is 5.78 Å². The molecular formula is C21H20N4O. The molecule has 0 radical (unpaired) electrons. The lowest BCUT2D eigenvalue weighted by Crippen LogP contribution is -2.14. The Balaban J connectivity index is 1.76. The second-order valence-electron chi connectivity index (χ2n) is 6.96.